The molecular weight excluding hydrogens is 198 g/mol. The Hall–Kier alpha value is 0.01000. The lowest BCUT2D eigenvalue weighted by Crippen LogP contribution is -2.24. The molecule has 0 saturated heterocycles. The Morgan fingerprint density at radius 3 is 3.08 bits per heavy atom. The largest absolute Gasteiger partial charge is 0.301 e. The van der Waals surface area contributed by atoms with Crippen LogP contribution in [0.3, 0.4) is 0 Å². The summed E-state index contributed by atoms with van der Waals surface area (Å²) in [7, 11) is 2.19. The van der Waals surface area contributed by atoms with Gasteiger partial charge in [0, 0.05) is 28.1 Å². The Morgan fingerprint density at radius 2 is 2.38 bits per heavy atom. The molecule has 2 heterocycles. The van der Waals surface area contributed by atoms with Gasteiger partial charge in [-0.25, -0.2) is 0 Å². The summed E-state index contributed by atoms with van der Waals surface area (Å²) in [5.74, 6) is 0. The van der Waals surface area contributed by atoms with E-state index in [9.17, 15) is 0 Å². The van der Waals surface area contributed by atoms with E-state index in [0.717, 1.165) is 6.54 Å². The fourth-order valence-electron chi connectivity index (χ4n) is 1.68. The lowest BCUT2D eigenvalue weighted by atomic mass is 10.1. The Labute approximate surface area is 89.2 Å². The first-order valence-electron chi connectivity index (χ1n) is 4.65. The molecule has 2 rings (SSSR count). The van der Waals surface area contributed by atoms with Crippen molar-refractivity contribution in [1.29, 1.82) is 0 Å². The van der Waals surface area contributed by atoms with Crippen molar-refractivity contribution in [2.75, 3.05) is 13.6 Å². The first kappa shape index (κ1) is 9.56. The average molecular weight is 213 g/mol. The molecule has 0 bridgehead atoms. The van der Waals surface area contributed by atoms with Gasteiger partial charge in [0.15, 0.2) is 0 Å². The number of thiol groups is 1. The lowest BCUT2D eigenvalue weighted by Gasteiger charge is -2.21. The maximum Gasteiger partial charge on any atom is 0.0333 e. The standard InChI is InChI=1S/C10H15NS2/c1-7(12)9-5-8-3-4-11(2)6-10(8)13-9/h5,7,12H,3-4,6H2,1-2H3. The summed E-state index contributed by atoms with van der Waals surface area (Å²) >= 11 is 6.39. The Bertz CT molecular complexity index is 304. The molecule has 1 aliphatic heterocycles. The second kappa shape index (κ2) is 3.64. The fourth-order valence-corrected chi connectivity index (χ4v) is 3.14. The summed E-state index contributed by atoms with van der Waals surface area (Å²) in [5.41, 5.74) is 1.55. The normalized spacial score (nSPS) is 19.9. The van der Waals surface area contributed by atoms with Gasteiger partial charge < -0.3 is 4.90 Å². The number of hydrogen-bond acceptors (Lipinski definition) is 3. The zero-order valence-electron chi connectivity index (χ0n) is 8.08. The van der Waals surface area contributed by atoms with Gasteiger partial charge in [-0.3, -0.25) is 0 Å². The highest BCUT2D eigenvalue weighted by atomic mass is 32.1. The summed E-state index contributed by atoms with van der Waals surface area (Å²) in [5, 5.41) is 0.390. The molecule has 0 radical (unpaired) electrons. The van der Waals surface area contributed by atoms with Crippen LogP contribution in [0, 0.1) is 0 Å². The molecule has 0 aromatic carbocycles. The van der Waals surface area contributed by atoms with Crippen molar-refractivity contribution in [3.8, 4) is 0 Å². The maximum absolute atomic E-state index is 4.47. The molecule has 0 fully saturated rings. The van der Waals surface area contributed by atoms with Gasteiger partial charge in [-0.15, -0.1) is 11.3 Å². The number of thiophene rings is 1. The Morgan fingerprint density at radius 1 is 1.62 bits per heavy atom. The van der Waals surface area contributed by atoms with Gasteiger partial charge in [-0.05, 0) is 32.0 Å². The molecule has 0 amide bonds. The van der Waals surface area contributed by atoms with Gasteiger partial charge in [-0.2, -0.15) is 12.6 Å². The topological polar surface area (TPSA) is 3.24 Å². The van der Waals surface area contributed by atoms with E-state index in [2.05, 4.69) is 37.6 Å². The van der Waals surface area contributed by atoms with Crippen molar-refractivity contribution in [3.05, 3.63) is 21.4 Å². The Balaban J connectivity index is 2.28. The van der Waals surface area contributed by atoms with Crippen LogP contribution in [0.4, 0.5) is 0 Å². The SMILES string of the molecule is CC(S)c1cc2c(s1)CN(C)CC2. The molecule has 1 atom stereocenters. The fraction of sp³-hybridized carbons (Fsp3) is 0.600. The smallest absolute Gasteiger partial charge is 0.0333 e. The summed E-state index contributed by atoms with van der Waals surface area (Å²) in [6, 6.07) is 2.34. The van der Waals surface area contributed by atoms with Crippen LogP contribution >= 0.6 is 24.0 Å². The van der Waals surface area contributed by atoms with Crippen molar-refractivity contribution in [2.24, 2.45) is 0 Å². The third-order valence-corrected chi connectivity index (χ3v) is 4.30. The van der Waals surface area contributed by atoms with Crippen molar-refractivity contribution < 1.29 is 0 Å². The van der Waals surface area contributed by atoms with Gasteiger partial charge >= 0.3 is 0 Å². The van der Waals surface area contributed by atoms with E-state index in [4.69, 9.17) is 0 Å². The number of rotatable bonds is 1. The molecule has 1 aromatic heterocycles. The summed E-state index contributed by atoms with van der Waals surface area (Å²) < 4.78 is 0. The average Bonchev–Trinajstić information content (AvgIpc) is 2.46. The van der Waals surface area contributed by atoms with Gasteiger partial charge in [0.2, 0.25) is 0 Å². The van der Waals surface area contributed by atoms with E-state index in [1.165, 1.54) is 17.8 Å². The molecule has 13 heavy (non-hydrogen) atoms. The molecule has 0 spiro atoms. The van der Waals surface area contributed by atoms with Crippen LogP contribution < -0.4 is 0 Å². The third-order valence-electron chi connectivity index (χ3n) is 2.50. The van der Waals surface area contributed by atoms with E-state index in [0.29, 0.717) is 5.25 Å². The molecule has 3 heteroatoms. The van der Waals surface area contributed by atoms with E-state index in [1.54, 1.807) is 10.4 Å². The molecule has 72 valence electrons. The summed E-state index contributed by atoms with van der Waals surface area (Å²) in [6.45, 7) is 4.47. The predicted molar refractivity (Wildman–Crippen MR) is 61.8 cm³/mol. The molecule has 1 unspecified atom stereocenters. The predicted octanol–water partition coefficient (Wildman–Crippen LogP) is 2.73. The van der Waals surface area contributed by atoms with Crippen molar-refractivity contribution >= 4 is 24.0 Å². The van der Waals surface area contributed by atoms with Crippen LogP contribution in [-0.2, 0) is 13.0 Å². The van der Waals surface area contributed by atoms with E-state index in [-0.39, 0.29) is 0 Å². The van der Waals surface area contributed by atoms with E-state index in [1.807, 2.05) is 11.3 Å². The molecule has 0 saturated carbocycles. The molecule has 1 aromatic rings. The van der Waals surface area contributed by atoms with Gasteiger partial charge in [0.05, 0.1) is 0 Å². The van der Waals surface area contributed by atoms with Crippen LogP contribution in [-0.4, -0.2) is 18.5 Å². The highest BCUT2D eigenvalue weighted by Crippen LogP contribution is 2.33. The summed E-state index contributed by atoms with van der Waals surface area (Å²) in [6.07, 6.45) is 1.21. The Kier molecular flexibility index (Phi) is 2.67. The lowest BCUT2D eigenvalue weighted by molar-refractivity contribution is 0.317. The van der Waals surface area contributed by atoms with Gasteiger partial charge in [-0.1, -0.05) is 0 Å². The second-order valence-corrected chi connectivity index (χ2v) is 5.70. The van der Waals surface area contributed by atoms with Crippen LogP contribution in [0.2, 0.25) is 0 Å². The first-order valence-corrected chi connectivity index (χ1v) is 5.98. The van der Waals surface area contributed by atoms with Crippen LogP contribution in [0.15, 0.2) is 6.07 Å². The number of likely N-dealkylation sites (N-methyl/N-ethyl adjacent to an activating group) is 1. The molecule has 0 N–H and O–H groups in total. The minimum atomic E-state index is 0.390. The minimum absolute atomic E-state index is 0.390. The van der Waals surface area contributed by atoms with Crippen LogP contribution in [0.5, 0.6) is 0 Å². The van der Waals surface area contributed by atoms with Crippen molar-refractivity contribution in [2.45, 2.75) is 25.1 Å². The minimum Gasteiger partial charge on any atom is -0.301 e. The zero-order valence-corrected chi connectivity index (χ0v) is 9.79. The molecule has 1 aliphatic rings. The monoisotopic (exact) mass is 213 g/mol. The second-order valence-electron chi connectivity index (χ2n) is 3.76. The van der Waals surface area contributed by atoms with Crippen LogP contribution in [0.25, 0.3) is 0 Å². The molecule has 1 nitrogen and oxygen atoms in total. The van der Waals surface area contributed by atoms with Gasteiger partial charge in [0.1, 0.15) is 0 Å². The van der Waals surface area contributed by atoms with Crippen LogP contribution in [0.1, 0.15) is 27.5 Å². The zero-order chi connectivity index (χ0) is 9.42. The van der Waals surface area contributed by atoms with E-state index >= 15 is 0 Å². The molecule has 0 aliphatic carbocycles. The number of fused-ring (bicyclic) bond motifs is 1. The quantitative estimate of drug-likeness (QED) is 0.702. The third kappa shape index (κ3) is 1.92. The maximum atomic E-state index is 4.47. The highest BCUT2D eigenvalue weighted by Gasteiger charge is 2.17. The van der Waals surface area contributed by atoms with Gasteiger partial charge in [0.25, 0.3) is 0 Å². The molecular formula is C10H15NS2. The van der Waals surface area contributed by atoms with Crippen molar-refractivity contribution in [3.63, 3.8) is 0 Å². The van der Waals surface area contributed by atoms with Crippen molar-refractivity contribution in [1.82, 2.24) is 4.90 Å². The van der Waals surface area contributed by atoms with E-state index < -0.39 is 0 Å². The summed E-state index contributed by atoms with van der Waals surface area (Å²) in [4.78, 5) is 5.35. The number of nitrogens with zero attached hydrogens (tertiary/aromatic N) is 1. The first-order chi connectivity index (χ1) is 6.16. The number of hydrogen-bond donors (Lipinski definition) is 1. The highest BCUT2D eigenvalue weighted by molar-refractivity contribution is 7.80.